The van der Waals surface area contributed by atoms with Gasteiger partial charge >= 0.3 is 5.97 Å². The van der Waals surface area contributed by atoms with Crippen LogP contribution in [0.1, 0.15) is 23.7 Å². The van der Waals surface area contributed by atoms with E-state index in [0.29, 0.717) is 18.7 Å². The number of amides is 1. The van der Waals surface area contributed by atoms with Crippen LogP contribution in [0, 0.1) is 0 Å². The molecule has 24 heavy (non-hydrogen) atoms. The second-order valence-corrected chi connectivity index (χ2v) is 7.74. The van der Waals surface area contributed by atoms with Crippen molar-refractivity contribution in [1.82, 2.24) is 4.90 Å². The maximum absolute atomic E-state index is 12.3. The first-order valence-corrected chi connectivity index (χ1v) is 9.50. The monoisotopic (exact) mass is 355 g/mol. The highest BCUT2D eigenvalue weighted by molar-refractivity contribution is 7.91. The lowest BCUT2D eigenvalue weighted by molar-refractivity contribution is -0.136. The molecule has 0 saturated carbocycles. The zero-order valence-electron chi connectivity index (χ0n) is 13.7. The van der Waals surface area contributed by atoms with Gasteiger partial charge in [-0.2, -0.15) is 0 Å². The van der Waals surface area contributed by atoms with E-state index in [4.69, 9.17) is 9.47 Å². The Morgan fingerprint density at radius 3 is 2.58 bits per heavy atom. The number of hydrogen-bond acceptors (Lipinski definition) is 6. The molecule has 1 aromatic rings. The Morgan fingerprint density at radius 2 is 2.00 bits per heavy atom. The molecule has 1 atom stereocenters. The maximum atomic E-state index is 12.3. The average Bonchev–Trinajstić information content (AvgIpc) is 2.92. The number of para-hydroxylation sites is 1. The van der Waals surface area contributed by atoms with Gasteiger partial charge in [-0.15, -0.1) is 0 Å². The van der Waals surface area contributed by atoms with Crippen LogP contribution in [0.3, 0.4) is 0 Å². The van der Waals surface area contributed by atoms with Crippen LogP contribution in [0.4, 0.5) is 0 Å². The van der Waals surface area contributed by atoms with E-state index < -0.39 is 28.3 Å². The van der Waals surface area contributed by atoms with Crippen LogP contribution < -0.4 is 4.74 Å². The van der Waals surface area contributed by atoms with Crippen LogP contribution in [0.15, 0.2) is 24.3 Å². The number of sulfone groups is 1. The summed E-state index contributed by atoms with van der Waals surface area (Å²) in [5.41, 5.74) is 0.235. The molecule has 1 amide bonds. The van der Waals surface area contributed by atoms with Crippen molar-refractivity contribution in [3.8, 4) is 5.75 Å². The normalized spacial score (nSPS) is 18.8. The van der Waals surface area contributed by atoms with Gasteiger partial charge in [0.1, 0.15) is 11.3 Å². The Balaban J connectivity index is 1.97. The van der Waals surface area contributed by atoms with Crippen molar-refractivity contribution in [2.24, 2.45) is 0 Å². The predicted molar refractivity (Wildman–Crippen MR) is 87.7 cm³/mol. The summed E-state index contributed by atoms with van der Waals surface area (Å²) in [6.07, 6.45) is 0.419. The third-order valence-corrected chi connectivity index (χ3v) is 5.71. The summed E-state index contributed by atoms with van der Waals surface area (Å²) >= 11 is 0. The van der Waals surface area contributed by atoms with Crippen LogP contribution >= 0.6 is 0 Å². The second-order valence-electron chi connectivity index (χ2n) is 5.51. The minimum absolute atomic E-state index is 0.0347. The highest BCUT2D eigenvalue weighted by Crippen LogP contribution is 2.20. The summed E-state index contributed by atoms with van der Waals surface area (Å²) in [5.74, 6) is -0.641. The lowest BCUT2D eigenvalue weighted by atomic mass is 10.2. The molecule has 0 aliphatic carbocycles. The van der Waals surface area contributed by atoms with Gasteiger partial charge in [-0.1, -0.05) is 12.1 Å². The smallest absolute Gasteiger partial charge is 0.342 e. The number of likely N-dealkylation sites (N-methyl/N-ethyl adjacent to an activating group) is 1. The van der Waals surface area contributed by atoms with Gasteiger partial charge in [-0.3, -0.25) is 4.79 Å². The molecule has 8 heteroatoms. The zero-order chi connectivity index (χ0) is 17.7. The molecular formula is C16H21NO6S. The van der Waals surface area contributed by atoms with Gasteiger partial charge in [0, 0.05) is 12.6 Å². The van der Waals surface area contributed by atoms with E-state index >= 15 is 0 Å². The van der Waals surface area contributed by atoms with Crippen molar-refractivity contribution in [1.29, 1.82) is 0 Å². The Bertz CT molecular complexity index is 715. The summed E-state index contributed by atoms with van der Waals surface area (Å²) in [4.78, 5) is 25.8. The molecule has 0 radical (unpaired) electrons. The number of rotatable bonds is 6. The molecule has 7 nitrogen and oxygen atoms in total. The van der Waals surface area contributed by atoms with Gasteiger partial charge in [-0.25, -0.2) is 13.2 Å². The lowest BCUT2D eigenvalue weighted by Gasteiger charge is -2.26. The fourth-order valence-electron chi connectivity index (χ4n) is 2.76. The van der Waals surface area contributed by atoms with E-state index in [1.807, 2.05) is 0 Å². The van der Waals surface area contributed by atoms with Crippen molar-refractivity contribution in [3.05, 3.63) is 29.8 Å². The van der Waals surface area contributed by atoms with Gasteiger partial charge in [0.25, 0.3) is 5.91 Å². The van der Waals surface area contributed by atoms with Crippen molar-refractivity contribution >= 4 is 21.7 Å². The molecule has 1 aliphatic heterocycles. The number of carbonyl (C=O) groups is 2. The highest BCUT2D eigenvalue weighted by atomic mass is 32.2. The molecule has 1 fully saturated rings. The first-order chi connectivity index (χ1) is 11.4. The molecule has 1 aromatic carbocycles. The van der Waals surface area contributed by atoms with Crippen molar-refractivity contribution in [3.63, 3.8) is 0 Å². The van der Waals surface area contributed by atoms with E-state index in [1.54, 1.807) is 31.2 Å². The summed E-state index contributed by atoms with van der Waals surface area (Å²) in [6.45, 7) is 1.71. The predicted octanol–water partition coefficient (Wildman–Crippen LogP) is 0.888. The molecule has 1 heterocycles. The molecule has 2 rings (SSSR count). The largest absolute Gasteiger partial charge is 0.496 e. The summed E-state index contributed by atoms with van der Waals surface area (Å²) in [7, 11) is -1.64. The minimum atomic E-state index is -3.09. The van der Waals surface area contributed by atoms with Gasteiger partial charge in [-0.05, 0) is 25.5 Å². The third-order valence-electron chi connectivity index (χ3n) is 3.96. The van der Waals surface area contributed by atoms with Crippen molar-refractivity contribution < 1.29 is 27.5 Å². The third kappa shape index (κ3) is 4.25. The molecule has 1 saturated heterocycles. The van der Waals surface area contributed by atoms with Gasteiger partial charge in [0.2, 0.25) is 0 Å². The molecular weight excluding hydrogens is 334 g/mol. The van der Waals surface area contributed by atoms with Crippen LogP contribution in [-0.2, 0) is 19.4 Å². The molecule has 0 aromatic heterocycles. The lowest BCUT2D eigenvalue weighted by Crippen LogP contribution is -2.43. The number of methoxy groups -OCH3 is 1. The summed E-state index contributed by atoms with van der Waals surface area (Å²) in [5, 5.41) is 0. The van der Waals surface area contributed by atoms with Crippen molar-refractivity contribution in [2.45, 2.75) is 19.4 Å². The van der Waals surface area contributed by atoms with Crippen LogP contribution in [0.25, 0.3) is 0 Å². The number of carbonyl (C=O) groups excluding carboxylic acids is 2. The molecule has 1 aliphatic rings. The zero-order valence-corrected chi connectivity index (χ0v) is 14.5. The average molecular weight is 355 g/mol. The number of esters is 1. The maximum Gasteiger partial charge on any atom is 0.342 e. The Labute approximate surface area is 141 Å². The fourth-order valence-corrected chi connectivity index (χ4v) is 4.49. The Morgan fingerprint density at radius 1 is 1.29 bits per heavy atom. The molecule has 0 N–H and O–H groups in total. The van der Waals surface area contributed by atoms with Gasteiger partial charge in [0.15, 0.2) is 16.4 Å². The molecule has 0 spiro atoms. The second kappa shape index (κ2) is 7.65. The SMILES string of the molecule is CCN(C(=O)COC(=O)c1ccccc1OC)[C@@H]1CCS(=O)(=O)C1. The molecule has 0 bridgehead atoms. The number of hydrogen-bond donors (Lipinski definition) is 0. The number of nitrogens with zero attached hydrogens (tertiary/aromatic N) is 1. The quantitative estimate of drug-likeness (QED) is 0.704. The van der Waals surface area contributed by atoms with E-state index in [2.05, 4.69) is 0 Å². The molecule has 0 unspecified atom stereocenters. The van der Waals surface area contributed by atoms with Crippen molar-refractivity contribution in [2.75, 3.05) is 31.8 Å². The van der Waals surface area contributed by atoms with E-state index in [1.165, 1.54) is 12.0 Å². The van der Waals surface area contributed by atoms with Crippen LogP contribution in [-0.4, -0.2) is 63.0 Å². The topological polar surface area (TPSA) is 90.0 Å². The Hall–Kier alpha value is -2.09. The Kier molecular flexibility index (Phi) is 5.82. The van der Waals surface area contributed by atoms with Gasteiger partial charge in [0.05, 0.1) is 18.6 Å². The first-order valence-electron chi connectivity index (χ1n) is 7.68. The van der Waals surface area contributed by atoms with E-state index in [9.17, 15) is 18.0 Å². The van der Waals surface area contributed by atoms with E-state index in [-0.39, 0.29) is 23.1 Å². The fraction of sp³-hybridized carbons (Fsp3) is 0.500. The minimum Gasteiger partial charge on any atom is -0.496 e. The highest BCUT2D eigenvalue weighted by Gasteiger charge is 2.34. The number of ether oxygens (including phenoxy) is 2. The summed E-state index contributed by atoms with van der Waals surface area (Å²) < 4.78 is 33.3. The standard InChI is InChI=1S/C16H21NO6S/c1-3-17(12-8-9-24(20,21)11-12)15(18)10-23-16(19)13-6-4-5-7-14(13)22-2/h4-7,12H,3,8-11H2,1-2H3/t12-/m1/s1. The molecule has 132 valence electrons. The number of benzene rings is 1. The summed E-state index contributed by atoms with van der Waals surface area (Å²) in [6, 6.07) is 6.22. The first kappa shape index (κ1) is 18.3. The van der Waals surface area contributed by atoms with Crippen LogP contribution in [0.2, 0.25) is 0 Å². The van der Waals surface area contributed by atoms with Crippen LogP contribution in [0.5, 0.6) is 5.75 Å². The van der Waals surface area contributed by atoms with E-state index in [0.717, 1.165) is 0 Å². The van der Waals surface area contributed by atoms with Gasteiger partial charge < -0.3 is 14.4 Å².